The van der Waals surface area contributed by atoms with Crippen molar-refractivity contribution >= 4 is 23.7 Å². The van der Waals surface area contributed by atoms with Crippen LogP contribution in [0, 0.1) is 0 Å². The number of carbonyl (C=O) groups excluding carboxylic acids is 1. The number of aromatic nitrogens is 2. The Kier molecular flexibility index (Phi) is 5.62. The number of nitrogens with zero attached hydrogens (tertiary/aromatic N) is 5. The minimum absolute atomic E-state index is 0.270. The van der Waals surface area contributed by atoms with Gasteiger partial charge in [0.1, 0.15) is 11.4 Å². The van der Waals surface area contributed by atoms with Gasteiger partial charge >= 0.3 is 6.09 Å². The molecule has 1 aromatic heterocycles. The van der Waals surface area contributed by atoms with Crippen molar-refractivity contribution < 1.29 is 9.53 Å². The van der Waals surface area contributed by atoms with Crippen molar-refractivity contribution in [1.82, 2.24) is 19.8 Å². The molecule has 1 fully saturated rings. The van der Waals surface area contributed by atoms with E-state index in [1.54, 1.807) is 16.7 Å². The third kappa shape index (κ3) is 4.40. The van der Waals surface area contributed by atoms with Crippen LogP contribution in [0.2, 0.25) is 0 Å². The molecule has 0 bridgehead atoms. The van der Waals surface area contributed by atoms with E-state index in [9.17, 15) is 4.79 Å². The number of likely N-dealkylation sites (N-methyl/N-ethyl adjacent to an activating group) is 1. The van der Waals surface area contributed by atoms with Crippen LogP contribution in [0.3, 0.4) is 0 Å². The standard InChI is InChI=1S/C18H29N5O2S/c1-18(2,3)25-17(24)23-7-6-13-14(12-23)19-16(26-5)20-15(13)22-10-8-21(4)9-11-22/h6-12H2,1-5H3. The number of ether oxygens (including phenoxy) is 1. The van der Waals surface area contributed by atoms with Crippen LogP contribution in [0.15, 0.2) is 5.16 Å². The molecule has 3 heterocycles. The fourth-order valence-corrected chi connectivity index (χ4v) is 3.62. The smallest absolute Gasteiger partial charge is 0.410 e. The molecule has 0 aliphatic carbocycles. The van der Waals surface area contributed by atoms with Crippen LogP contribution in [0.1, 0.15) is 32.0 Å². The molecular formula is C18H29N5O2S. The maximum absolute atomic E-state index is 12.4. The van der Waals surface area contributed by atoms with Crippen LogP contribution in [-0.4, -0.2) is 77.5 Å². The van der Waals surface area contributed by atoms with Gasteiger partial charge < -0.3 is 19.4 Å². The SMILES string of the molecule is CSc1nc2c(c(N3CCN(C)CC3)n1)CCN(C(=O)OC(C)(C)C)C2. The van der Waals surface area contributed by atoms with E-state index in [1.807, 2.05) is 27.0 Å². The molecule has 1 amide bonds. The molecule has 0 unspecified atom stereocenters. The zero-order chi connectivity index (χ0) is 18.9. The summed E-state index contributed by atoms with van der Waals surface area (Å²) in [5.41, 5.74) is 1.65. The van der Waals surface area contributed by atoms with Crippen molar-refractivity contribution in [2.24, 2.45) is 0 Å². The van der Waals surface area contributed by atoms with E-state index >= 15 is 0 Å². The Hall–Kier alpha value is -1.54. The lowest BCUT2D eigenvalue weighted by atomic mass is 10.0. The van der Waals surface area contributed by atoms with E-state index in [2.05, 4.69) is 16.8 Å². The molecule has 0 radical (unpaired) electrons. The molecule has 0 spiro atoms. The molecular weight excluding hydrogens is 350 g/mol. The molecule has 3 rings (SSSR count). The zero-order valence-electron chi connectivity index (χ0n) is 16.4. The first-order valence-corrected chi connectivity index (χ1v) is 10.3. The highest BCUT2D eigenvalue weighted by atomic mass is 32.2. The van der Waals surface area contributed by atoms with Crippen molar-refractivity contribution in [3.63, 3.8) is 0 Å². The van der Waals surface area contributed by atoms with Gasteiger partial charge in [0.05, 0.1) is 12.2 Å². The molecule has 0 atom stereocenters. The second-order valence-corrected chi connectivity index (χ2v) is 8.67. The second kappa shape index (κ2) is 7.60. The predicted molar refractivity (Wildman–Crippen MR) is 104 cm³/mol. The van der Waals surface area contributed by atoms with Gasteiger partial charge in [0.25, 0.3) is 0 Å². The van der Waals surface area contributed by atoms with Gasteiger partial charge in [0.2, 0.25) is 0 Å². The minimum atomic E-state index is -0.488. The first kappa shape index (κ1) is 19.2. The lowest BCUT2D eigenvalue weighted by molar-refractivity contribution is 0.0220. The lowest BCUT2D eigenvalue weighted by Crippen LogP contribution is -2.46. The molecule has 0 aromatic carbocycles. The van der Waals surface area contributed by atoms with Crippen molar-refractivity contribution in [1.29, 1.82) is 0 Å². The maximum atomic E-state index is 12.4. The van der Waals surface area contributed by atoms with Crippen molar-refractivity contribution in [3.05, 3.63) is 11.3 Å². The third-order valence-electron chi connectivity index (χ3n) is 4.66. The van der Waals surface area contributed by atoms with Crippen LogP contribution in [0.4, 0.5) is 10.6 Å². The largest absolute Gasteiger partial charge is 0.444 e. The minimum Gasteiger partial charge on any atom is -0.444 e. The Morgan fingerprint density at radius 1 is 1.12 bits per heavy atom. The van der Waals surface area contributed by atoms with E-state index in [1.165, 1.54) is 5.56 Å². The van der Waals surface area contributed by atoms with E-state index < -0.39 is 5.60 Å². The summed E-state index contributed by atoms with van der Waals surface area (Å²) in [5.74, 6) is 1.05. The fourth-order valence-electron chi connectivity index (χ4n) is 3.24. The second-order valence-electron chi connectivity index (χ2n) is 7.90. The van der Waals surface area contributed by atoms with Gasteiger partial charge in [0, 0.05) is 38.3 Å². The first-order chi connectivity index (χ1) is 12.3. The number of hydrogen-bond donors (Lipinski definition) is 0. The number of rotatable bonds is 2. The van der Waals surface area contributed by atoms with Gasteiger partial charge in [-0.25, -0.2) is 14.8 Å². The number of thioether (sulfide) groups is 1. The summed E-state index contributed by atoms with van der Waals surface area (Å²) < 4.78 is 5.53. The van der Waals surface area contributed by atoms with Crippen molar-refractivity contribution in [2.45, 2.75) is 44.5 Å². The Labute approximate surface area is 160 Å². The Bertz CT molecular complexity index is 668. The summed E-state index contributed by atoms with van der Waals surface area (Å²) in [6.07, 6.45) is 2.49. The molecule has 2 aliphatic heterocycles. The summed E-state index contributed by atoms with van der Waals surface area (Å²) in [4.78, 5) is 28.4. The van der Waals surface area contributed by atoms with Crippen LogP contribution >= 0.6 is 11.8 Å². The first-order valence-electron chi connectivity index (χ1n) is 9.12. The summed E-state index contributed by atoms with van der Waals surface area (Å²) in [7, 11) is 2.15. The molecule has 0 N–H and O–H groups in total. The van der Waals surface area contributed by atoms with Gasteiger partial charge in [0.15, 0.2) is 5.16 Å². The van der Waals surface area contributed by atoms with Crippen LogP contribution in [0.5, 0.6) is 0 Å². The zero-order valence-corrected chi connectivity index (χ0v) is 17.2. The molecule has 8 heteroatoms. The van der Waals surface area contributed by atoms with Gasteiger partial charge in [-0.3, -0.25) is 0 Å². The molecule has 1 aromatic rings. The Morgan fingerprint density at radius 2 is 1.81 bits per heavy atom. The monoisotopic (exact) mass is 379 g/mol. The van der Waals surface area contributed by atoms with E-state index in [4.69, 9.17) is 14.7 Å². The Morgan fingerprint density at radius 3 is 2.42 bits per heavy atom. The summed E-state index contributed by atoms with van der Waals surface area (Å²) in [5, 5.41) is 0.767. The fraction of sp³-hybridized carbons (Fsp3) is 0.722. The maximum Gasteiger partial charge on any atom is 0.410 e. The molecule has 7 nitrogen and oxygen atoms in total. The van der Waals surface area contributed by atoms with Crippen LogP contribution < -0.4 is 4.90 Å². The number of hydrogen-bond acceptors (Lipinski definition) is 7. The molecule has 1 saturated heterocycles. The molecule has 144 valence electrons. The predicted octanol–water partition coefficient (Wildman–Crippen LogP) is 2.24. The van der Waals surface area contributed by atoms with Gasteiger partial charge in [-0.2, -0.15) is 0 Å². The topological polar surface area (TPSA) is 61.8 Å². The molecule has 2 aliphatic rings. The van der Waals surface area contributed by atoms with E-state index in [0.717, 1.165) is 49.3 Å². The van der Waals surface area contributed by atoms with Gasteiger partial charge in [-0.05, 0) is 40.5 Å². The van der Waals surface area contributed by atoms with Crippen molar-refractivity contribution in [3.8, 4) is 0 Å². The normalized spacial score (nSPS) is 18.7. The van der Waals surface area contributed by atoms with Crippen molar-refractivity contribution in [2.75, 3.05) is 50.9 Å². The van der Waals surface area contributed by atoms with Gasteiger partial charge in [-0.15, -0.1) is 0 Å². The highest BCUT2D eigenvalue weighted by molar-refractivity contribution is 7.98. The summed E-state index contributed by atoms with van der Waals surface area (Å²) >= 11 is 1.55. The average molecular weight is 380 g/mol. The van der Waals surface area contributed by atoms with E-state index in [0.29, 0.717) is 13.1 Å². The lowest BCUT2D eigenvalue weighted by Gasteiger charge is -2.36. The van der Waals surface area contributed by atoms with Crippen LogP contribution in [-0.2, 0) is 17.7 Å². The highest BCUT2D eigenvalue weighted by Gasteiger charge is 2.30. The summed E-state index contributed by atoms with van der Waals surface area (Å²) in [6, 6.07) is 0. The highest BCUT2D eigenvalue weighted by Crippen LogP contribution is 2.29. The quantitative estimate of drug-likeness (QED) is 0.577. The average Bonchev–Trinajstić information content (AvgIpc) is 2.59. The summed E-state index contributed by atoms with van der Waals surface area (Å²) in [6.45, 7) is 10.8. The number of amides is 1. The third-order valence-corrected chi connectivity index (χ3v) is 5.21. The number of piperazine rings is 1. The van der Waals surface area contributed by atoms with Gasteiger partial charge in [-0.1, -0.05) is 11.8 Å². The molecule has 0 saturated carbocycles. The number of carbonyl (C=O) groups is 1. The van der Waals surface area contributed by atoms with Crippen LogP contribution in [0.25, 0.3) is 0 Å². The van der Waals surface area contributed by atoms with E-state index in [-0.39, 0.29) is 6.09 Å². The number of fused-ring (bicyclic) bond motifs is 1. The Balaban J connectivity index is 1.84. The number of anilines is 1. The molecule has 26 heavy (non-hydrogen) atoms.